The Kier molecular flexibility index (Phi) is 4.03. The Morgan fingerprint density at radius 1 is 1.41 bits per heavy atom. The topological polar surface area (TPSA) is 45.0 Å². The van der Waals surface area contributed by atoms with E-state index in [0.717, 1.165) is 17.1 Å². The van der Waals surface area contributed by atoms with Gasteiger partial charge in [0, 0.05) is 20.0 Å². The Hall–Kier alpha value is -2.11. The summed E-state index contributed by atoms with van der Waals surface area (Å²) in [7, 11) is 1.42. The van der Waals surface area contributed by atoms with Crippen LogP contribution in [0.1, 0.15) is 6.92 Å². The average Bonchev–Trinajstić information content (AvgIpc) is 2.25. The molecule has 0 bridgehead atoms. The van der Waals surface area contributed by atoms with Crippen LogP contribution < -0.4 is 5.01 Å². The Labute approximate surface area is 97.2 Å². The fourth-order valence-electron chi connectivity index (χ4n) is 0.983. The SMILES string of the molecule is C=C(N=NN(C)c1ccc(F)cc1F)C(C)=O. The van der Waals surface area contributed by atoms with E-state index in [1.807, 2.05) is 0 Å². The lowest BCUT2D eigenvalue weighted by molar-refractivity contribution is -0.113. The Balaban J connectivity index is 2.86. The lowest BCUT2D eigenvalue weighted by Gasteiger charge is -2.11. The van der Waals surface area contributed by atoms with Gasteiger partial charge in [-0.25, -0.2) is 13.8 Å². The first-order valence-electron chi connectivity index (χ1n) is 4.72. The van der Waals surface area contributed by atoms with E-state index < -0.39 is 11.6 Å². The standard InChI is InChI=1S/C11H11F2N3O/c1-7(8(2)17)14-15-16(3)11-5-4-9(12)6-10(11)13/h4-6H,1H2,2-3H3. The molecule has 1 aromatic carbocycles. The highest BCUT2D eigenvalue weighted by atomic mass is 19.1. The van der Waals surface area contributed by atoms with E-state index in [-0.39, 0.29) is 17.2 Å². The van der Waals surface area contributed by atoms with E-state index in [9.17, 15) is 13.6 Å². The zero-order chi connectivity index (χ0) is 13.0. The van der Waals surface area contributed by atoms with Crippen molar-refractivity contribution in [2.24, 2.45) is 10.3 Å². The number of halogens is 2. The molecule has 4 nitrogen and oxygen atoms in total. The molecule has 1 aromatic rings. The van der Waals surface area contributed by atoms with Crippen LogP contribution in [0.2, 0.25) is 0 Å². The molecule has 0 aliphatic heterocycles. The Morgan fingerprint density at radius 3 is 2.59 bits per heavy atom. The number of anilines is 1. The second-order valence-electron chi connectivity index (χ2n) is 3.31. The van der Waals surface area contributed by atoms with Crippen molar-refractivity contribution < 1.29 is 13.6 Å². The van der Waals surface area contributed by atoms with Gasteiger partial charge in [-0.05, 0) is 12.1 Å². The lowest BCUT2D eigenvalue weighted by Crippen LogP contribution is -2.10. The van der Waals surface area contributed by atoms with Crippen LogP contribution in [-0.2, 0) is 4.79 Å². The third-order valence-electron chi connectivity index (χ3n) is 1.96. The summed E-state index contributed by atoms with van der Waals surface area (Å²) in [5.74, 6) is -1.77. The molecule has 6 heteroatoms. The molecule has 17 heavy (non-hydrogen) atoms. The van der Waals surface area contributed by atoms with Crippen molar-refractivity contribution in [1.82, 2.24) is 0 Å². The van der Waals surface area contributed by atoms with Crippen LogP contribution in [0, 0.1) is 11.6 Å². The molecule has 0 aromatic heterocycles. The molecule has 0 atom stereocenters. The van der Waals surface area contributed by atoms with Crippen molar-refractivity contribution in [3.05, 3.63) is 42.1 Å². The predicted octanol–water partition coefficient (Wildman–Crippen LogP) is 2.87. The van der Waals surface area contributed by atoms with E-state index in [0.29, 0.717) is 0 Å². The molecule has 0 N–H and O–H groups in total. The second-order valence-corrected chi connectivity index (χ2v) is 3.31. The molecule has 0 unspecified atom stereocenters. The van der Waals surface area contributed by atoms with Crippen LogP contribution in [0.15, 0.2) is 40.8 Å². The van der Waals surface area contributed by atoms with Gasteiger partial charge in [0.1, 0.15) is 11.5 Å². The first-order valence-corrected chi connectivity index (χ1v) is 4.72. The fourth-order valence-corrected chi connectivity index (χ4v) is 0.983. The minimum absolute atomic E-state index is 0.0423. The quantitative estimate of drug-likeness (QED) is 0.460. The smallest absolute Gasteiger partial charge is 0.179 e. The lowest BCUT2D eigenvalue weighted by atomic mass is 10.3. The molecular formula is C11H11F2N3O. The highest BCUT2D eigenvalue weighted by molar-refractivity contribution is 5.91. The van der Waals surface area contributed by atoms with Crippen molar-refractivity contribution in [1.29, 1.82) is 0 Å². The third-order valence-corrected chi connectivity index (χ3v) is 1.96. The van der Waals surface area contributed by atoms with Gasteiger partial charge in [0.25, 0.3) is 0 Å². The van der Waals surface area contributed by atoms with Gasteiger partial charge in [-0.3, -0.25) is 4.79 Å². The summed E-state index contributed by atoms with van der Waals surface area (Å²) in [6.07, 6.45) is 0. The molecule has 0 heterocycles. The summed E-state index contributed by atoms with van der Waals surface area (Å²) in [6, 6.07) is 3.06. The summed E-state index contributed by atoms with van der Waals surface area (Å²) in [4.78, 5) is 10.8. The number of carbonyl (C=O) groups excluding carboxylic acids is 1. The molecule has 90 valence electrons. The van der Waals surface area contributed by atoms with Crippen LogP contribution in [0.25, 0.3) is 0 Å². The van der Waals surface area contributed by atoms with Crippen LogP contribution in [0.3, 0.4) is 0 Å². The maximum atomic E-state index is 13.3. The molecule has 1 rings (SSSR count). The zero-order valence-electron chi connectivity index (χ0n) is 9.44. The van der Waals surface area contributed by atoms with E-state index in [2.05, 4.69) is 16.9 Å². The highest BCUT2D eigenvalue weighted by Crippen LogP contribution is 2.19. The molecule has 0 fully saturated rings. The molecule has 0 aliphatic carbocycles. The van der Waals surface area contributed by atoms with Gasteiger partial charge in [0.05, 0.1) is 5.69 Å². The van der Waals surface area contributed by atoms with Gasteiger partial charge in [-0.1, -0.05) is 11.8 Å². The van der Waals surface area contributed by atoms with Crippen molar-refractivity contribution in [2.45, 2.75) is 6.92 Å². The molecule has 0 amide bonds. The summed E-state index contributed by atoms with van der Waals surface area (Å²) in [6.45, 7) is 4.66. The Morgan fingerprint density at radius 2 is 2.06 bits per heavy atom. The first-order chi connectivity index (χ1) is 7.91. The second kappa shape index (κ2) is 5.29. The number of Topliss-reactive ketones (excluding diaryl/α,β-unsaturated/α-hetero) is 1. The summed E-state index contributed by atoms with van der Waals surface area (Å²) in [5, 5.41) is 8.18. The van der Waals surface area contributed by atoms with E-state index in [1.165, 1.54) is 20.0 Å². The van der Waals surface area contributed by atoms with Gasteiger partial charge >= 0.3 is 0 Å². The third kappa shape index (κ3) is 3.44. The first kappa shape index (κ1) is 13.0. The van der Waals surface area contributed by atoms with Crippen LogP contribution in [-0.4, -0.2) is 12.8 Å². The van der Waals surface area contributed by atoms with Gasteiger partial charge in [0.2, 0.25) is 0 Å². The van der Waals surface area contributed by atoms with Crippen LogP contribution in [0.5, 0.6) is 0 Å². The molecule has 0 saturated heterocycles. The molecular weight excluding hydrogens is 228 g/mol. The van der Waals surface area contributed by atoms with E-state index in [1.54, 1.807) is 0 Å². The molecule has 0 aliphatic rings. The summed E-state index contributed by atoms with van der Waals surface area (Å²) < 4.78 is 26.0. The largest absolute Gasteiger partial charge is 0.293 e. The van der Waals surface area contributed by atoms with Crippen molar-refractivity contribution in [3.63, 3.8) is 0 Å². The van der Waals surface area contributed by atoms with Crippen LogP contribution in [0.4, 0.5) is 14.5 Å². The number of allylic oxidation sites excluding steroid dienone is 1. The number of benzene rings is 1. The van der Waals surface area contributed by atoms with Crippen LogP contribution >= 0.6 is 0 Å². The zero-order valence-corrected chi connectivity index (χ0v) is 9.44. The highest BCUT2D eigenvalue weighted by Gasteiger charge is 2.08. The number of hydrogen-bond donors (Lipinski definition) is 0. The minimum Gasteiger partial charge on any atom is -0.293 e. The molecule has 0 radical (unpaired) electrons. The normalized spacial score (nSPS) is 10.6. The maximum absolute atomic E-state index is 13.3. The monoisotopic (exact) mass is 239 g/mol. The van der Waals surface area contributed by atoms with E-state index >= 15 is 0 Å². The maximum Gasteiger partial charge on any atom is 0.179 e. The molecule has 0 saturated carbocycles. The predicted molar refractivity (Wildman–Crippen MR) is 59.4 cm³/mol. The Bertz CT molecular complexity index is 486. The number of hydrogen-bond acceptors (Lipinski definition) is 3. The summed E-state index contributed by atoms with van der Waals surface area (Å²) in [5.41, 5.74) is 0.00544. The summed E-state index contributed by atoms with van der Waals surface area (Å²) >= 11 is 0. The molecule has 0 spiro atoms. The van der Waals surface area contributed by atoms with Crippen molar-refractivity contribution >= 4 is 11.5 Å². The average molecular weight is 239 g/mol. The van der Waals surface area contributed by atoms with Gasteiger partial charge in [-0.2, -0.15) is 0 Å². The van der Waals surface area contributed by atoms with E-state index in [4.69, 9.17) is 0 Å². The number of ketones is 1. The van der Waals surface area contributed by atoms with Crippen molar-refractivity contribution in [3.8, 4) is 0 Å². The van der Waals surface area contributed by atoms with Gasteiger partial charge < -0.3 is 0 Å². The van der Waals surface area contributed by atoms with Crippen molar-refractivity contribution in [2.75, 3.05) is 12.1 Å². The number of nitrogens with zero attached hydrogens (tertiary/aromatic N) is 3. The number of carbonyl (C=O) groups is 1. The van der Waals surface area contributed by atoms with Gasteiger partial charge in [-0.15, -0.1) is 5.11 Å². The minimum atomic E-state index is -0.764. The van der Waals surface area contributed by atoms with Gasteiger partial charge in [0.15, 0.2) is 11.6 Å². The number of rotatable bonds is 4. The fraction of sp³-hybridized carbons (Fsp3) is 0.182.